The van der Waals surface area contributed by atoms with Gasteiger partial charge >= 0.3 is 7.40 Å². The summed E-state index contributed by atoms with van der Waals surface area (Å²) in [7, 11) is -1.17. The molecule has 110 valence electrons. The zero-order chi connectivity index (χ0) is 15.7. The van der Waals surface area contributed by atoms with Gasteiger partial charge in [-0.15, -0.1) is 0 Å². The van der Waals surface area contributed by atoms with Crippen molar-refractivity contribution in [2.45, 2.75) is 0 Å². The van der Waals surface area contributed by atoms with Crippen LogP contribution >= 0.6 is 0 Å². The lowest BCUT2D eigenvalue weighted by molar-refractivity contribution is 0.415. The fraction of sp³-hybridized carbons (Fsp3) is 0.0625. The smallest absolute Gasteiger partial charge is 0.497 e. The molecular weight excluding hydrogens is 285 g/mol. The minimum atomic E-state index is -2.72. The van der Waals surface area contributed by atoms with E-state index in [0.717, 1.165) is 10.7 Å². The van der Waals surface area contributed by atoms with Crippen molar-refractivity contribution in [3.8, 4) is 17.0 Å². The number of benzene rings is 2. The van der Waals surface area contributed by atoms with Gasteiger partial charge in [-0.2, -0.15) is 0 Å². The highest BCUT2D eigenvalue weighted by molar-refractivity contribution is 6.43. The molecule has 0 aliphatic heterocycles. The van der Waals surface area contributed by atoms with E-state index in [-0.39, 0.29) is 5.69 Å². The van der Waals surface area contributed by atoms with Crippen LogP contribution in [0.25, 0.3) is 22.0 Å². The fourth-order valence-corrected chi connectivity index (χ4v) is 2.69. The van der Waals surface area contributed by atoms with Gasteiger partial charge in [-0.05, 0) is 29.8 Å². The van der Waals surface area contributed by atoms with Crippen molar-refractivity contribution >= 4 is 24.4 Å². The first-order valence-corrected chi connectivity index (χ1v) is 6.73. The highest BCUT2D eigenvalue weighted by atomic mass is 19.2. The third kappa shape index (κ3) is 2.17. The van der Waals surface area contributed by atoms with Crippen LogP contribution < -0.4 is 4.74 Å². The van der Waals surface area contributed by atoms with Crippen molar-refractivity contribution in [3.05, 3.63) is 54.2 Å². The van der Waals surface area contributed by atoms with Gasteiger partial charge in [0.1, 0.15) is 5.75 Å². The Hall–Kier alpha value is -2.63. The highest BCUT2D eigenvalue weighted by Crippen LogP contribution is 2.34. The quantitative estimate of drug-likeness (QED) is 0.572. The molecule has 0 fully saturated rings. The molecule has 0 amide bonds. The number of hydrogen-bond acceptors (Lipinski definition) is 2. The number of ether oxygens (including phenoxy) is 1. The number of fused-ring (bicyclic) bond motifs is 1. The molecule has 2 aromatic carbocycles. The normalized spacial score (nSPS) is 10.7. The molecule has 1 N–H and O–H groups in total. The lowest BCUT2D eigenvalue weighted by Crippen LogP contribution is -2.17. The predicted octanol–water partition coefficient (Wildman–Crippen LogP) is 4.09. The average Bonchev–Trinajstić information content (AvgIpc) is 2.89. The van der Waals surface area contributed by atoms with Crippen LogP contribution in [0.3, 0.4) is 0 Å². The first-order valence-electron chi connectivity index (χ1n) is 6.73. The number of halogens is 2. The van der Waals surface area contributed by atoms with E-state index >= 15 is 0 Å². The molecule has 0 aliphatic carbocycles. The maximum absolute atomic E-state index is 13.6. The van der Waals surface area contributed by atoms with Crippen molar-refractivity contribution in [1.82, 2.24) is 4.48 Å². The van der Waals surface area contributed by atoms with Crippen molar-refractivity contribution in [2.75, 3.05) is 7.11 Å². The van der Waals surface area contributed by atoms with E-state index in [2.05, 4.69) is 0 Å². The molecule has 1 aromatic heterocycles. The van der Waals surface area contributed by atoms with Gasteiger partial charge in [-0.1, -0.05) is 24.3 Å². The summed E-state index contributed by atoms with van der Waals surface area (Å²) in [4.78, 5) is 0. The summed E-state index contributed by atoms with van der Waals surface area (Å²) in [6.07, 6.45) is 0.974. The largest absolute Gasteiger partial charge is 0.678 e. The standard InChI is InChI=1S/C16H13BF2N2O/c1-22-12-8-6-11(7-9-12)16-14-5-3-2-4-13(14)15(10-20)21(16)17(18)19/h2-10,20H,1H3. The molecule has 6 heteroatoms. The second-order valence-electron chi connectivity index (χ2n) is 4.80. The molecule has 0 unspecified atom stereocenters. The van der Waals surface area contributed by atoms with Crippen molar-refractivity contribution in [1.29, 1.82) is 5.41 Å². The average molecular weight is 298 g/mol. The Bertz CT molecular complexity index is 828. The Balaban J connectivity index is 2.35. The Morgan fingerprint density at radius 2 is 1.68 bits per heavy atom. The van der Waals surface area contributed by atoms with Gasteiger partial charge in [0.05, 0.1) is 12.8 Å². The predicted molar refractivity (Wildman–Crippen MR) is 85.2 cm³/mol. The van der Waals surface area contributed by atoms with Crippen LogP contribution in [0.5, 0.6) is 5.75 Å². The molecular formula is C16H13BF2N2O. The summed E-state index contributed by atoms with van der Waals surface area (Å²) in [5.41, 5.74) is 1.27. The number of aromatic nitrogens is 1. The maximum Gasteiger partial charge on any atom is 0.678 e. The second-order valence-corrected chi connectivity index (χ2v) is 4.80. The minimum Gasteiger partial charge on any atom is -0.497 e. The van der Waals surface area contributed by atoms with Crippen LogP contribution in [0.15, 0.2) is 48.5 Å². The van der Waals surface area contributed by atoms with E-state index in [1.807, 2.05) is 0 Å². The third-order valence-corrected chi connectivity index (χ3v) is 3.65. The summed E-state index contributed by atoms with van der Waals surface area (Å²) in [5, 5.41) is 8.84. The molecule has 0 saturated carbocycles. The van der Waals surface area contributed by atoms with E-state index in [4.69, 9.17) is 10.1 Å². The monoisotopic (exact) mass is 298 g/mol. The molecule has 0 spiro atoms. The lowest BCUT2D eigenvalue weighted by atomic mass is 10.1. The Morgan fingerprint density at radius 1 is 1.05 bits per heavy atom. The Morgan fingerprint density at radius 3 is 2.23 bits per heavy atom. The van der Waals surface area contributed by atoms with E-state index in [1.54, 1.807) is 55.6 Å². The van der Waals surface area contributed by atoms with Gasteiger partial charge in [0.25, 0.3) is 0 Å². The van der Waals surface area contributed by atoms with Crippen molar-refractivity contribution in [2.24, 2.45) is 0 Å². The fourth-order valence-electron chi connectivity index (χ4n) is 2.69. The summed E-state index contributed by atoms with van der Waals surface area (Å²) in [6, 6.07) is 14.1. The first kappa shape index (κ1) is 14.3. The van der Waals surface area contributed by atoms with E-state index in [1.165, 1.54) is 0 Å². The molecule has 1 heterocycles. The lowest BCUT2D eigenvalue weighted by Gasteiger charge is -2.09. The van der Waals surface area contributed by atoms with Crippen molar-refractivity contribution in [3.63, 3.8) is 0 Å². The molecule has 3 rings (SSSR count). The SMILES string of the molecule is COc1ccc(-c2c3ccccc3c(C=N)n2B(F)F)cc1. The van der Waals surface area contributed by atoms with Crippen LogP contribution in [0.1, 0.15) is 5.69 Å². The van der Waals surface area contributed by atoms with Gasteiger partial charge in [-0.3, -0.25) is 8.63 Å². The molecule has 0 bridgehead atoms. The zero-order valence-corrected chi connectivity index (χ0v) is 11.9. The number of hydrogen-bond donors (Lipinski definition) is 1. The second kappa shape index (κ2) is 5.64. The van der Waals surface area contributed by atoms with Gasteiger partial charge in [0.15, 0.2) is 0 Å². The topological polar surface area (TPSA) is 38.0 Å². The number of nitrogens with one attached hydrogen (secondary N) is 1. The summed E-state index contributed by atoms with van der Waals surface area (Å²) >= 11 is 0. The van der Waals surface area contributed by atoms with Crippen LogP contribution in [0.4, 0.5) is 8.63 Å². The van der Waals surface area contributed by atoms with E-state index in [0.29, 0.717) is 27.8 Å². The highest BCUT2D eigenvalue weighted by Gasteiger charge is 2.27. The first-order chi connectivity index (χ1) is 10.7. The third-order valence-electron chi connectivity index (χ3n) is 3.65. The van der Waals surface area contributed by atoms with Crippen LogP contribution in [0, 0.1) is 5.41 Å². The maximum atomic E-state index is 13.6. The Labute approximate surface area is 126 Å². The summed E-state index contributed by atoms with van der Waals surface area (Å²) in [5.74, 6) is 0.662. The molecule has 0 saturated heterocycles. The number of methoxy groups -OCH3 is 1. The molecule has 0 atom stereocenters. The van der Waals surface area contributed by atoms with Crippen LogP contribution in [-0.4, -0.2) is 25.2 Å². The van der Waals surface area contributed by atoms with Gasteiger partial charge < -0.3 is 14.6 Å². The minimum absolute atomic E-state index is 0.205. The van der Waals surface area contributed by atoms with Crippen LogP contribution in [-0.2, 0) is 0 Å². The molecule has 0 radical (unpaired) electrons. The van der Waals surface area contributed by atoms with Gasteiger partial charge in [0.2, 0.25) is 0 Å². The number of rotatable bonds is 4. The van der Waals surface area contributed by atoms with E-state index in [9.17, 15) is 8.63 Å². The molecule has 0 aliphatic rings. The number of nitrogens with zero attached hydrogens (tertiary/aromatic N) is 1. The van der Waals surface area contributed by atoms with Crippen molar-refractivity contribution < 1.29 is 13.4 Å². The summed E-state index contributed by atoms with van der Waals surface area (Å²) in [6.45, 7) is 0. The summed E-state index contributed by atoms with van der Waals surface area (Å²) < 4.78 is 33.2. The van der Waals surface area contributed by atoms with Crippen LogP contribution in [0.2, 0.25) is 0 Å². The Kier molecular flexibility index (Phi) is 3.67. The van der Waals surface area contributed by atoms with E-state index < -0.39 is 7.40 Å². The van der Waals surface area contributed by atoms with Gasteiger partial charge in [-0.25, -0.2) is 0 Å². The molecule has 3 aromatic rings. The zero-order valence-electron chi connectivity index (χ0n) is 11.9. The van der Waals surface area contributed by atoms with Gasteiger partial charge in [0, 0.05) is 22.7 Å². The molecule has 22 heavy (non-hydrogen) atoms. The molecule has 3 nitrogen and oxygen atoms in total.